The molecule has 2 aromatic rings. The SMILES string of the molecule is CC(C)(C)c1ccccc1NC(=O)C1CCN(Cc2ccccc2)C1. The third kappa shape index (κ3) is 4.49. The van der Waals surface area contributed by atoms with Gasteiger partial charge < -0.3 is 5.32 Å². The molecule has 2 aromatic carbocycles. The minimum absolute atomic E-state index is 0.0128. The summed E-state index contributed by atoms with van der Waals surface area (Å²) in [6.45, 7) is 9.26. The standard InChI is InChI=1S/C22H28N2O/c1-22(2,3)19-11-7-8-12-20(19)23-21(25)18-13-14-24(16-18)15-17-9-5-4-6-10-17/h4-12,18H,13-16H2,1-3H3,(H,23,25). The van der Waals surface area contributed by atoms with Crippen LogP contribution in [0.3, 0.4) is 0 Å². The summed E-state index contributed by atoms with van der Waals surface area (Å²) >= 11 is 0. The van der Waals surface area contributed by atoms with Crippen molar-refractivity contribution in [3.63, 3.8) is 0 Å². The fourth-order valence-electron chi connectivity index (χ4n) is 3.51. The Morgan fingerprint density at radius 3 is 2.48 bits per heavy atom. The van der Waals surface area contributed by atoms with Crippen molar-refractivity contribution in [3.8, 4) is 0 Å². The first-order valence-electron chi connectivity index (χ1n) is 9.10. The fraction of sp³-hybridized carbons (Fsp3) is 0.409. The van der Waals surface area contributed by atoms with Crippen LogP contribution in [-0.2, 0) is 16.8 Å². The molecule has 0 radical (unpaired) electrons. The zero-order valence-electron chi connectivity index (χ0n) is 15.5. The Hall–Kier alpha value is -2.13. The van der Waals surface area contributed by atoms with Crippen LogP contribution in [0.25, 0.3) is 0 Å². The summed E-state index contributed by atoms with van der Waals surface area (Å²) in [5, 5.41) is 3.18. The van der Waals surface area contributed by atoms with E-state index in [2.05, 4.69) is 61.3 Å². The van der Waals surface area contributed by atoms with Gasteiger partial charge in [-0.1, -0.05) is 69.3 Å². The van der Waals surface area contributed by atoms with Gasteiger partial charge in [-0.25, -0.2) is 0 Å². The number of anilines is 1. The molecule has 1 aliphatic rings. The molecular formula is C22H28N2O. The molecule has 132 valence electrons. The Kier molecular flexibility index (Phi) is 5.24. The number of nitrogens with one attached hydrogen (secondary N) is 1. The molecule has 0 aliphatic carbocycles. The number of hydrogen-bond acceptors (Lipinski definition) is 2. The van der Waals surface area contributed by atoms with Crippen molar-refractivity contribution in [2.24, 2.45) is 5.92 Å². The summed E-state index contributed by atoms with van der Waals surface area (Å²) in [5.74, 6) is 0.212. The molecule has 1 atom stereocenters. The van der Waals surface area contributed by atoms with Gasteiger partial charge in [0.1, 0.15) is 0 Å². The molecule has 0 spiro atoms. The van der Waals surface area contributed by atoms with Gasteiger partial charge in [0.15, 0.2) is 0 Å². The molecule has 1 N–H and O–H groups in total. The van der Waals surface area contributed by atoms with Crippen LogP contribution in [0.4, 0.5) is 5.69 Å². The minimum Gasteiger partial charge on any atom is -0.326 e. The number of nitrogens with zero attached hydrogens (tertiary/aromatic N) is 1. The van der Waals surface area contributed by atoms with Crippen LogP contribution in [0.2, 0.25) is 0 Å². The normalized spacial score (nSPS) is 18.3. The topological polar surface area (TPSA) is 32.3 Å². The average molecular weight is 336 g/mol. The van der Waals surface area contributed by atoms with Crippen molar-refractivity contribution in [2.75, 3.05) is 18.4 Å². The lowest BCUT2D eigenvalue weighted by atomic mass is 9.85. The van der Waals surface area contributed by atoms with Crippen LogP contribution in [0.1, 0.15) is 38.3 Å². The van der Waals surface area contributed by atoms with Crippen molar-refractivity contribution in [1.82, 2.24) is 4.90 Å². The third-order valence-electron chi connectivity index (χ3n) is 4.89. The maximum absolute atomic E-state index is 12.8. The first-order chi connectivity index (χ1) is 11.9. The largest absolute Gasteiger partial charge is 0.326 e. The average Bonchev–Trinajstić information content (AvgIpc) is 3.04. The van der Waals surface area contributed by atoms with Gasteiger partial charge in [-0.05, 0) is 35.6 Å². The Bertz CT molecular complexity index is 718. The van der Waals surface area contributed by atoms with Crippen LogP contribution in [0.5, 0.6) is 0 Å². The van der Waals surface area contributed by atoms with Crippen LogP contribution in [0, 0.1) is 5.92 Å². The smallest absolute Gasteiger partial charge is 0.228 e. The predicted octanol–water partition coefficient (Wildman–Crippen LogP) is 4.44. The van der Waals surface area contributed by atoms with Gasteiger partial charge in [-0.2, -0.15) is 0 Å². The summed E-state index contributed by atoms with van der Waals surface area (Å²) < 4.78 is 0. The number of likely N-dealkylation sites (tertiary alicyclic amines) is 1. The van der Waals surface area contributed by atoms with Crippen LogP contribution < -0.4 is 5.32 Å². The number of para-hydroxylation sites is 1. The molecule has 1 amide bonds. The van der Waals surface area contributed by atoms with E-state index in [0.29, 0.717) is 0 Å². The van der Waals surface area contributed by atoms with Gasteiger partial charge in [0.25, 0.3) is 0 Å². The summed E-state index contributed by atoms with van der Waals surface area (Å²) in [6.07, 6.45) is 0.927. The summed E-state index contributed by atoms with van der Waals surface area (Å²) in [5.41, 5.74) is 3.45. The van der Waals surface area contributed by atoms with E-state index in [1.165, 1.54) is 11.1 Å². The Morgan fingerprint density at radius 2 is 1.76 bits per heavy atom. The Morgan fingerprint density at radius 1 is 1.08 bits per heavy atom. The first-order valence-corrected chi connectivity index (χ1v) is 9.10. The molecule has 1 fully saturated rings. The van der Waals surface area contributed by atoms with E-state index in [1.807, 2.05) is 24.3 Å². The number of carbonyl (C=O) groups is 1. The zero-order chi connectivity index (χ0) is 17.9. The highest BCUT2D eigenvalue weighted by atomic mass is 16.1. The van der Waals surface area contributed by atoms with Gasteiger partial charge in [0, 0.05) is 18.8 Å². The van der Waals surface area contributed by atoms with Gasteiger partial charge in [0.05, 0.1) is 5.92 Å². The Labute approximate surface area is 151 Å². The third-order valence-corrected chi connectivity index (χ3v) is 4.89. The zero-order valence-corrected chi connectivity index (χ0v) is 15.5. The number of amides is 1. The first kappa shape index (κ1) is 17.7. The lowest BCUT2D eigenvalue weighted by molar-refractivity contribution is -0.119. The van der Waals surface area contributed by atoms with Crippen molar-refractivity contribution in [1.29, 1.82) is 0 Å². The van der Waals surface area contributed by atoms with E-state index in [1.54, 1.807) is 0 Å². The lowest BCUT2D eigenvalue weighted by Crippen LogP contribution is -2.28. The number of hydrogen-bond donors (Lipinski definition) is 1. The van der Waals surface area contributed by atoms with E-state index in [4.69, 9.17) is 0 Å². The summed E-state index contributed by atoms with van der Waals surface area (Å²) in [4.78, 5) is 15.1. The molecule has 0 saturated carbocycles. The number of rotatable bonds is 4. The molecular weight excluding hydrogens is 308 g/mol. The minimum atomic E-state index is 0.0128. The molecule has 1 aliphatic heterocycles. The van der Waals surface area contributed by atoms with E-state index < -0.39 is 0 Å². The Balaban J connectivity index is 1.62. The predicted molar refractivity (Wildman–Crippen MR) is 104 cm³/mol. The molecule has 3 heteroatoms. The van der Waals surface area contributed by atoms with E-state index in [0.717, 1.165) is 31.7 Å². The second kappa shape index (κ2) is 7.40. The molecule has 0 bridgehead atoms. The molecule has 3 nitrogen and oxygen atoms in total. The molecule has 0 aromatic heterocycles. The molecule has 3 rings (SSSR count). The monoisotopic (exact) mass is 336 g/mol. The maximum atomic E-state index is 12.8. The van der Waals surface area contributed by atoms with Crippen molar-refractivity contribution in [3.05, 3.63) is 65.7 Å². The quantitative estimate of drug-likeness (QED) is 0.895. The van der Waals surface area contributed by atoms with E-state index in [9.17, 15) is 4.79 Å². The van der Waals surface area contributed by atoms with E-state index >= 15 is 0 Å². The second-order valence-electron chi connectivity index (χ2n) is 7.99. The number of benzene rings is 2. The van der Waals surface area contributed by atoms with Crippen LogP contribution in [-0.4, -0.2) is 23.9 Å². The highest BCUT2D eigenvalue weighted by Crippen LogP contribution is 2.30. The highest BCUT2D eigenvalue weighted by Gasteiger charge is 2.29. The van der Waals surface area contributed by atoms with Crippen LogP contribution in [0.15, 0.2) is 54.6 Å². The summed E-state index contributed by atoms with van der Waals surface area (Å²) in [7, 11) is 0. The van der Waals surface area contributed by atoms with Gasteiger partial charge >= 0.3 is 0 Å². The molecule has 1 saturated heterocycles. The summed E-state index contributed by atoms with van der Waals surface area (Å²) in [6, 6.07) is 18.6. The maximum Gasteiger partial charge on any atom is 0.228 e. The molecule has 1 heterocycles. The van der Waals surface area contributed by atoms with Crippen molar-refractivity contribution < 1.29 is 4.79 Å². The van der Waals surface area contributed by atoms with Gasteiger partial charge in [-0.3, -0.25) is 9.69 Å². The van der Waals surface area contributed by atoms with E-state index in [-0.39, 0.29) is 17.2 Å². The molecule has 1 unspecified atom stereocenters. The van der Waals surface area contributed by atoms with Gasteiger partial charge in [0.2, 0.25) is 5.91 Å². The highest BCUT2D eigenvalue weighted by molar-refractivity contribution is 5.93. The molecule has 25 heavy (non-hydrogen) atoms. The van der Waals surface area contributed by atoms with Crippen molar-refractivity contribution in [2.45, 2.75) is 39.2 Å². The van der Waals surface area contributed by atoms with Crippen LogP contribution >= 0.6 is 0 Å². The van der Waals surface area contributed by atoms with Crippen molar-refractivity contribution >= 4 is 11.6 Å². The number of carbonyl (C=O) groups excluding carboxylic acids is 1. The second-order valence-corrected chi connectivity index (χ2v) is 7.99. The van der Waals surface area contributed by atoms with Gasteiger partial charge in [-0.15, -0.1) is 0 Å². The fourth-order valence-corrected chi connectivity index (χ4v) is 3.51. The lowest BCUT2D eigenvalue weighted by Gasteiger charge is -2.23.